The number of carbonyl (C=O) groups excluding carboxylic acids is 3. The van der Waals surface area contributed by atoms with Gasteiger partial charge in [-0.15, -0.1) is 5.10 Å². The van der Waals surface area contributed by atoms with Crippen LogP contribution in [0.5, 0.6) is 11.5 Å². The van der Waals surface area contributed by atoms with Crippen LogP contribution < -0.4 is 25.0 Å². The largest absolute Gasteiger partial charge is 0.493 e. The molecule has 11 heteroatoms. The van der Waals surface area contributed by atoms with E-state index in [2.05, 4.69) is 20.9 Å². The Balaban J connectivity index is 1.60. The van der Waals surface area contributed by atoms with Crippen LogP contribution in [0.4, 0.5) is 11.4 Å². The summed E-state index contributed by atoms with van der Waals surface area (Å²) in [5.74, 6) is 0.0487. The maximum absolute atomic E-state index is 14.3. The third-order valence-corrected chi connectivity index (χ3v) is 7.62. The fourth-order valence-corrected chi connectivity index (χ4v) is 5.55. The van der Waals surface area contributed by atoms with Gasteiger partial charge >= 0.3 is 0 Å². The maximum Gasteiger partial charge on any atom is 0.249 e. The first-order chi connectivity index (χ1) is 20.9. The van der Waals surface area contributed by atoms with E-state index in [1.807, 2.05) is 24.3 Å². The fraction of sp³-hybridized carbons (Fsp3) is 0.344. The number of amides is 3. The van der Waals surface area contributed by atoms with E-state index in [4.69, 9.17) is 9.47 Å². The van der Waals surface area contributed by atoms with Crippen LogP contribution in [-0.2, 0) is 20.9 Å². The van der Waals surface area contributed by atoms with Gasteiger partial charge in [0.1, 0.15) is 18.1 Å². The Morgan fingerprint density at radius 2 is 1.67 bits per heavy atom. The predicted octanol–water partition coefficient (Wildman–Crippen LogP) is 4.63. The molecule has 0 saturated heterocycles. The summed E-state index contributed by atoms with van der Waals surface area (Å²) < 4.78 is 12.5. The van der Waals surface area contributed by atoms with Crippen LogP contribution in [0.2, 0.25) is 0 Å². The minimum Gasteiger partial charge on any atom is -0.493 e. The molecule has 0 unspecified atom stereocenters. The first kappa shape index (κ1) is 29.6. The first-order valence-electron chi connectivity index (χ1n) is 14.4. The van der Waals surface area contributed by atoms with Gasteiger partial charge in [-0.2, -0.15) is 0 Å². The van der Waals surface area contributed by atoms with Crippen molar-refractivity contribution >= 4 is 40.1 Å². The van der Waals surface area contributed by atoms with Crippen LogP contribution in [0.3, 0.4) is 0 Å². The topological polar surface area (TPSA) is 128 Å². The van der Waals surface area contributed by atoms with Crippen molar-refractivity contribution in [2.75, 3.05) is 24.4 Å². The first-order valence-corrected chi connectivity index (χ1v) is 14.4. The SMILES string of the molecule is COc1ccc([C@H](C(=O)NC2CCCCC2)N(C(=O)Cn2nnc3ccccc32)c2ccc(NC(C)=O)cc2)cc1OC. The van der Waals surface area contributed by atoms with Crippen molar-refractivity contribution in [1.29, 1.82) is 0 Å². The van der Waals surface area contributed by atoms with E-state index in [0.29, 0.717) is 39.5 Å². The normalized spacial score (nSPS) is 14.1. The Bertz CT molecular complexity index is 1600. The summed E-state index contributed by atoms with van der Waals surface area (Å²) in [6.45, 7) is 1.27. The molecule has 1 fully saturated rings. The molecule has 0 radical (unpaired) electrons. The summed E-state index contributed by atoms with van der Waals surface area (Å²) in [5, 5.41) is 14.4. The van der Waals surface area contributed by atoms with E-state index < -0.39 is 6.04 Å². The highest BCUT2D eigenvalue weighted by Crippen LogP contribution is 2.35. The molecule has 43 heavy (non-hydrogen) atoms. The number of anilines is 2. The number of hydrogen-bond acceptors (Lipinski definition) is 7. The summed E-state index contributed by atoms with van der Waals surface area (Å²) in [7, 11) is 3.07. The summed E-state index contributed by atoms with van der Waals surface area (Å²) in [4.78, 5) is 41.7. The Labute approximate surface area is 250 Å². The number of methoxy groups -OCH3 is 2. The average Bonchev–Trinajstić information content (AvgIpc) is 3.42. The Morgan fingerprint density at radius 3 is 2.37 bits per heavy atom. The molecule has 3 aromatic carbocycles. The van der Waals surface area contributed by atoms with Gasteiger partial charge in [0.25, 0.3) is 0 Å². The van der Waals surface area contributed by atoms with Crippen LogP contribution in [0.25, 0.3) is 11.0 Å². The lowest BCUT2D eigenvalue weighted by atomic mass is 9.94. The number of rotatable bonds is 10. The predicted molar refractivity (Wildman–Crippen MR) is 163 cm³/mol. The van der Waals surface area contributed by atoms with Crippen LogP contribution >= 0.6 is 0 Å². The molecule has 3 amide bonds. The molecule has 1 saturated carbocycles. The van der Waals surface area contributed by atoms with Gasteiger partial charge < -0.3 is 20.1 Å². The lowest BCUT2D eigenvalue weighted by Gasteiger charge is -2.34. The highest BCUT2D eigenvalue weighted by molar-refractivity contribution is 6.02. The van der Waals surface area contributed by atoms with Gasteiger partial charge in [-0.1, -0.05) is 42.7 Å². The Kier molecular flexibility index (Phi) is 9.19. The molecule has 2 N–H and O–H groups in total. The fourth-order valence-electron chi connectivity index (χ4n) is 5.55. The van der Waals surface area contributed by atoms with Crippen LogP contribution in [0, 0.1) is 0 Å². The van der Waals surface area contributed by atoms with Crippen molar-refractivity contribution in [2.24, 2.45) is 0 Å². The summed E-state index contributed by atoms with van der Waals surface area (Å²) in [6, 6.07) is 18.4. The monoisotopic (exact) mass is 584 g/mol. The van der Waals surface area contributed by atoms with E-state index in [-0.39, 0.29) is 30.3 Å². The lowest BCUT2D eigenvalue weighted by molar-refractivity contribution is -0.127. The van der Waals surface area contributed by atoms with Gasteiger partial charge in [-0.3, -0.25) is 19.3 Å². The van der Waals surface area contributed by atoms with Crippen molar-refractivity contribution < 1.29 is 23.9 Å². The zero-order valence-electron chi connectivity index (χ0n) is 24.6. The number of fused-ring (bicyclic) bond motifs is 1. The van der Waals surface area contributed by atoms with Crippen molar-refractivity contribution in [2.45, 2.75) is 57.7 Å². The van der Waals surface area contributed by atoms with Crippen LogP contribution in [-0.4, -0.2) is 53.0 Å². The van der Waals surface area contributed by atoms with Crippen molar-refractivity contribution in [1.82, 2.24) is 20.3 Å². The third-order valence-electron chi connectivity index (χ3n) is 7.62. The van der Waals surface area contributed by atoms with Gasteiger partial charge in [0.2, 0.25) is 17.7 Å². The minimum absolute atomic E-state index is 0.0160. The van der Waals surface area contributed by atoms with E-state index in [0.717, 1.165) is 32.1 Å². The molecule has 1 aromatic heterocycles. The highest BCUT2D eigenvalue weighted by atomic mass is 16.5. The molecular formula is C32H36N6O5. The van der Waals surface area contributed by atoms with Gasteiger partial charge in [0.05, 0.1) is 19.7 Å². The van der Waals surface area contributed by atoms with Crippen LogP contribution in [0.15, 0.2) is 66.7 Å². The molecule has 5 rings (SSSR count). The standard InChI is InChI=1S/C32H36N6O5/c1-21(39)33-24-14-16-25(17-15-24)38(30(40)20-37-27-12-8-7-11-26(27)35-36-37)31(32(41)34-23-9-5-4-6-10-23)22-13-18-28(42-2)29(19-22)43-3/h7-8,11-19,23,31H,4-6,9-10,20H2,1-3H3,(H,33,39)(H,34,41)/t31-/m1/s1. The second-order valence-corrected chi connectivity index (χ2v) is 10.6. The van der Waals surface area contributed by atoms with E-state index >= 15 is 0 Å². The number of carbonyl (C=O) groups is 3. The van der Waals surface area contributed by atoms with E-state index in [9.17, 15) is 14.4 Å². The number of aromatic nitrogens is 3. The van der Waals surface area contributed by atoms with E-state index in [1.54, 1.807) is 49.6 Å². The second-order valence-electron chi connectivity index (χ2n) is 10.6. The molecule has 0 bridgehead atoms. The summed E-state index contributed by atoms with van der Waals surface area (Å²) in [6.07, 6.45) is 4.99. The van der Waals surface area contributed by atoms with Gasteiger partial charge in [0.15, 0.2) is 11.5 Å². The second kappa shape index (κ2) is 13.4. The zero-order valence-corrected chi connectivity index (χ0v) is 24.6. The lowest BCUT2D eigenvalue weighted by Crippen LogP contribution is -2.48. The third kappa shape index (κ3) is 6.77. The Morgan fingerprint density at radius 1 is 0.953 bits per heavy atom. The van der Waals surface area contributed by atoms with Crippen molar-refractivity contribution in [3.8, 4) is 11.5 Å². The molecule has 0 aliphatic heterocycles. The molecular weight excluding hydrogens is 548 g/mol. The Hall–Kier alpha value is -4.93. The number of para-hydroxylation sites is 1. The summed E-state index contributed by atoms with van der Waals surface area (Å²) in [5.41, 5.74) is 2.95. The van der Waals surface area contributed by atoms with Gasteiger partial charge in [-0.25, -0.2) is 4.68 Å². The van der Waals surface area contributed by atoms with Crippen LogP contribution in [0.1, 0.15) is 50.6 Å². The molecule has 11 nitrogen and oxygen atoms in total. The molecule has 1 aliphatic carbocycles. The number of nitrogens with zero attached hydrogens (tertiary/aromatic N) is 4. The molecule has 1 atom stereocenters. The van der Waals surface area contributed by atoms with Gasteiger partial charge in [0, 0.05) is 24.3 Å². The zero-order chi connectivity index (χ0) is 30.3. The number of hydrogen-bond donors (Lipinski definition) is 2. The molecule has 224 valence electrons. The highest BCUT2D eigenvalue weighted by Gasteiger charge is 2.35. The van der Waals surface area contributed by atoms with E-state index in [1.165, 1.54) is 23.6 Å². The van der Waals surface area contributed by atoms with Gasteiger partial charge in [-0.05, 0) is 66.9 Å². The van der Waals surface area contributed by atoms with Crippen molar-refractivity contribution in [3.63, 3.8) is 0 Å². The van der Waals surface area contributed by atoms with Crippen molar-refractivity contribution in [3.05, 3.63) is 72.3 Å². The number of ether oxygens (including phenoxy) is 2. The summed E-state index contributed by atoms with van der Waals surface area (Å²) >= 11 is 0. The molecule has 1 heterocycles. The molecule has 0 spiro atoms. The molecule has 1 aliphatic rings. The minimum atomic E-state index is -1.05. The number of nitrogens with one attached hydrogen (secondary N) is 2. The quantitative estimate of drug-likeness (QED) is 0.278. The smallest absolute Gasteiger partial charge is 0.249 e. The molecule has 4 aromatic rings. The maximum atomic E-state index is 14.3. The number of benzene rings is 3. The average molecular weight is 585 g/mol.